The molecule has 1 unspecified atom stereocenters. The Hall–Kier alpha value is -1.95. The van der Waals surface area contributed by atoms with Crippen LogP contribution in [0.3, 0.4) is 0 Å². The molecule has 6 nitrogen and oxygen atoms in total. The van der Waals surface area contributed by atoms with Gasteiger partial charge in [-0.25, -0.2) is 0 Å². The molecular formula is C17H24N2O4. The lowest BCUT2D eigenvalue weighted by Crippen LogP contribution is -2.53. The van der Waals surface area contributed by atoms with Crippen LogP contribution in [0.4, 0.5) is 5.69 Å². The molecule has 23 heavy (non-hydrogen) atoms. The molecule has 0 aliphatic carbocycles. The second kappa shape index (κ2) is 7.08. The fourth-order valence-corrected chi connectivity index (χ4v) is 3.29. The summed E-state index contributed by atoms with van der Waals surface area (Å²) in [6.07, 6.45) is 0.768. The number of benzene rings is 1. The first-order valence-corrected chi connectivity index (χ1v) is 8.20. The highest BCUT2D eigenvalue weighted by atomic mass is 16.6. The number of carbonyl (C=O) groups excluding carboxylic acids is 1. The fraction of sp³-hybridized carbons (Fsp3) is 0.588. The van der Waals surface area contributed by atoms with Gasteiger partial charge < -0.3 is 19.1 Å². The largest absolute Gasteiger partial charge is 0.486 e. The first kappa shape index (κ1) is 15.9. The predicted octanol–water partition coefficient (Wildman–Crippen LogP) is 1.53. The van der Waals surface area contributed by atoms with E-state index in [1.807, 2.05) is 19.1 Å². The van der Waals surface area contributed by atoms with Gasteiger partial charge in [0, 0.05) is 26.2 Å². The number of para-hydroxylation sites is 1. The zero-order valence-electron chi connectivity index (χ0n) is 13.8. The van der Waals surface area contributed by atoms with Crippen molar-refractivity contribution in [1.29, 1.82) is 0 Å². The molecule has 1 saturated heterocycles. The molecule has 3 rings (SSSR count). The molecule has 1 aromatic rings. The summed E-state index contributed by atoms with van der Waals surface area (Å²) in [5.41, 5.74) is 1.08. The predicted molar refractivity (Wildman–Crippen MR) is 87.3 cm³/mol. The van der Waals surface area contributed by atoms with Crippen LogP contribution in [0.1, 0.15) is 13.3 Å². The van der Waals surface area contributed by atoms with Gasteiger partial charge in [-0.1, -0.05) is 13.0 Å². The Morgan fingerprint density at radius 1 is 1.22 bits per heavy atom. The standard InChI is InChI=1S/C17H24N2O4/c1-3-13(17(20)21-2)18-7-9-19(10-8-18)14-5-4-6-15-16(14)23-12-11-22-15/h4-6,13H,3,7-12H2,1-2H3. The maximum Gasteiger partial charge on any atom is 0.323 e. The Morgan fingerprint density at radius 2 is 1.96 bits per heavy atom. The Kier molecular flexibility index (Phi) is 4.91. The number of nitrogens with zero attached hydrogens (tertiary/aromatic N) is 2. The minimum Gasteiger partial charge on any atom is -0.486 e. The van der Waals surface area contributed by atoms with Gasteiger partial charge in [-0.3, -0.25) is 9.69 Å². The molecule has 0 saturated carbocycles. The number of anilines is 1. The van der Waals surface area contributed by atoms with E-state index >= 15 is 0 Å². The van der Waals surface area contributed by atoms with Crippen molar-refractivity contribution >= 4 is 11.7 Å². The molecule has 2 heterocycles. The molecule has 0 radical (unpaired) electrons. The summed E-state index contributed by atoms with van der Waals surface area (Å²) in [5.74, 6) is 1.51. The van der Waals surface area contributed by atoms with Crippen LogP contribution in [0.2, 0.25) is 0 Å². The van der Waals surface area contributed by atoms with Gasteiger partial charge in [-0.15, -0.1) is 0 Å². The quantitative estimate of drug-likeness (QED) is 0.784. The van der Waals surface area contributed by atoms with Gasteiger partial charge in [0.05, 0.1) is 12.8 Å². The number of hydrogen-bond donors (Lipinski definition) is 0. The van der Waals surface area contributed by atoms with Gasteiger partial charge in [0.25, 0.3) is 0 Å². The number of rotatable bonds is 4. The Morgan fingerprint density at radius 3 is 2.65 bits per heavy atom. The first-order chi connectivity index (χ1) is 11.2. The molecule has 0 aromatic heterocycles. The van der Waals surface area contributed by atoms with Gasteiger partial charge in [-0.05, 0) is 18.6 Å². The van der Waals surface area contributed by atoms with Crippen LogP contribution in [-0.2, 0) is 9.53 Å². The van der Waals surface area contributed by atoms with E-state index in [0.717, 1.165) is 49.8 Å². The average Bonchev–Trinajstić information content (AvgIpc) is 2.62. The smallest absolute Gasteiger partial charge is 0.323 e. The monoisotopic (exact) mass is 320 g/mol. The van der Waals surface area contributed by atoms with Crippen LogP contribution in [0.25, 0.3) is 0 Å². The topological polar surface area (TPSA) is 51.2 Å². The second-order valence-electron chi connectivity index (χ2n) is 5.77. The van der Waals surface area contributed by atoms with Gasteiger partial charge in [-0.2, -0.15) is 0 Å². The third kappa shape index (κ3) is 3.22. The van der Waals surface area contributed by atoms with Crippen molar-refractivity contribution in [2.75, 3.05) is 51.4 Å². The molecule has 2 aliphatic rings. The lowest BCUT2D eigenvalue weighted by atomic mass is 10.1. The van der Waals surface area contributed by atoms with Crippen LogP contribution >= 0.6 is 0 Å². The van der Waals surface area contributed by atoms with Crippen LogP contribution in [0.5, 0.6) is 11.5 Å². The minimum atomic E-state index is -0.147. The lowest BCUT2D eigenvalue weighted by molar-refractivity contribution is -0.147. The molecule has 1 aromatic carbocycles. The van der Waals surface area contributed by atoms with Crippen molar-refractivity contribution in [3.63, 3.8) is 0 Å². The number of fused-ring (bicyclic) bond motifs is 1. The van der Waals surface area contributed by atoms with E-state index in [1.54, 1.807) is 0 Å². The molecule has 1 atom stereocenters. The summed E-state index contributed by atoms with van der Waals surface area (Å²) in [6.45, 7) is 6.58. The zero-order valence-corrected chi connectivity index (χ0v) is 13.8. The molecule has 126 valence electrons. The summed E-state index contributed by atoms with van der Waals surface area (Å²) < 4.78 is 16.4. The summed E-state index contributed by atoms with van der Waals surface area (Å²) in [5, 5.41) is 0. The molecule has 0 N–H and O–H groups in total. The van der Waals surface area contributed by atoms with Gasteiger partial charge in [0.15, 0.2) is 11.5 Å². The number of ether oxygens (including phenoxy) is 3. The maximum absolute atomic E-state index is 11.9. The highest BCUT2D eigenvalue weighted by molar-refractivity contribution is 5.75. The molecule has 6 heteroatoms. The van der Waals surface area contributed by atoms with Gasteiger partial charge in [0.1, 0.15) is 19.3 Å². The number of methoxy groups -OCH3 is 1. The molecule has 0 spiro atoms. The van der Waals surface area contributed by atoms with Crippen molar-refractivity contribution in [3.05, 3.63) is 18.2 Å². The van der Waals surface area contributed by atoms with E-state index in [9.17, 15) is 4.79 Å². The molecule has 1 fully saturated rings. The number of hydrogen-bond acceptors (Lipinski definition) is 6. The Bertz CT molecular complexity index is 556. The molecular weight excluding hydrogens is 296 g/mol. The molecule has 0 amide bonds. The van der Waals surface area contributed by atoms with Gasteiger partial charge >= 0.3 is 5.97 Å². The minimum absolute atomic E-state index is 0.144. The third-order valence-electron chi connectivity index (χ3n) is 4.50. The second-order valence-corrected chi connectivity index (χ2v) is 5.77. The highest BCUT2D eigenvalue weighted by Gasteiger charge is 2.30. The Balaban J connectivity index is 1.69. The summed E-state index contributed by atoms with van der Waals surface area (Å²) >= 11 is 0. The van der Waals surface area contributed by atoms with E-state index in [1.165, 1.54) is 7.11 Å². The van der Waals surface area contributed by atoms with Crippen LogP contribution in [0, 0.1) is 0 Å². The maximum atomic E-state index is 11.9. The fourth-order valence-electron chi connectivity index (χ4n) is 3.29. The van der Waals surface area contributed by atoms with Crippen molar-refractivity contribution in [3.8, 4) is 11.5 Å². The van der Waals surface area contributed by atoms with Crippen LogP contribution in [0.15, 0.2) is 18.2 Å². The van der Waals surface area contributed by atoms with Crippen LogP contribution in [-0.4, -0.2) is 63.4 Å². The van der Waals surface area contributed by atoms with E-state index in [4.69, 9.17) is 14.2 Å². The van der Waals surface area contributed by atoms with E-state index in [2.05, 4.69) is 15.9 Å². The number of piperazine rings is 1. The van der Waals surface area contributed by atoms with Crippen molar-refractivity contribution < 1.29 is 19.0 Å². The van der Waals surface area contributed by atoms with Crippen LogP contribution < -0.4 is 14.4 Å². The SMILES string of the molecule is CCC(C(=O)OC)N1CCN(c2cccc3c2OCCO3)CC1. The van der Waals surface area contributed by atoms with Crippen molar-refractivity contribution in [2.24, 2.45) is 0 Å². The lowest BCUT2D eigenvalue weighted by Gasteiger charge is -2.39. The first-order valence-electron chi connectivity index (χ1n) is 8.20. The number of esters is 1. The Labute approximate surface area is 136 Å². The average molecular weight is 320 g/mol. The van der Waals surface area contributed by atoms with Crippen molar-refractivity contribution in [2.45, 2.75) is 19.4 Å². The number of carbonyl (C=O) groups is 1. The van der Waals surface area contributed by atoms with E-state index in [0.29, 0.717) is 13.2 Å². The molecule has 0 bridgehead atoms. The summed E-state index contributed by atoms with van der Waals surface area (Å²) in [4.78, 5) is 16.4. The van der Waals surface area contributed by atoms with Gasteiger partial charge in [0.2, 0.25) is 0 Å². The normalized spacial score (nSPS) is 19.3. The summed E-state index contributed by atoms with van der Waals surface area (Å²) in [6, 6.07) is 5.86. The summed E-state index contributed by atoms with van der Waals surface area (Å²) in [7, 11) is 1.45. The van der Waals surface area contributed by atoms with E-state index in [-0.39, 0.29) is 12.0 Å². The van der Waals surface area contributed by atoms with E-state index < -0.39 is 0 Å². The zero-order chi connectivity index (χ0) is 16.2. The highest BCUT2D eigenvalue weighted by Crippen LogP contribution is 2.39. The molecule has 2 aliphatic heterocycles. The van der Waals surface area contributed by atoms with Crippen molar-refractivity contribution in [1.82, 2.24) is 4.90 Å². The third-order valence-corrected chi connectivity index (χ3v) is 4.50.